The van der Waals surface area contributed by atoms with E-state index in [2.05, 4.69) is 64.2 Å². The van der Waals surface area contributed by atoms with Crippen molar-refractivity contribution in [3.63, 3.8) is 0 Å². The van der Waals surface area contributed by atoms with Crippen molar-refractivity contribution in [2.45, 2.75) is 0 Å². The monoisotopic (exact) mass is 266 g/mol. The maximum Gasteiger partial charge on any atom is 0.152 e. The zero-order valence-corrected chi connectivity index (χ0v) is 12.1. The Kier molecular flexibility index (Phi) is 3.14. The molecule has 18 heavy (non-hydrogen) atoms. The van der Waals surface area contributed by atoms with Crippen molar-refractivity contribution in [1.29, 1.82) is 0 Å². The van der Waals surface area contributed by atoms with Crippen molar-refractivity contribution in [3.05, 3.63) is 48.5 Å². The Bertz CT molecular complexity index is 606. The minimum atomic E-state index is 1.31. The van der Waals surface area contributed by atoms with Crippen LogP contribution in [0, 0.1) is 0 Å². The zero-order chi connectivity index (χ0) is 12.5. The molecule has 3 rings (SSSR count). The normalized spacial score (nSPS) is 10.7. The minimum Gasteiger partial charge on any atom is -0.151 e. The first-order chi connectivity index (χ1) is 8.72. The van der Waals surface area contributed by atoms with Gasteiger partial charge in [0.15, 0.2) is 15.7 Å². The van der Waals surface area contributed by atoms with E-state index in [1.807, 2.05) is 22.7 Å². The highest BCUT2D eigenvalue weighted by molar-refractivity contribution is 7.23. The summed E-state index contributed by atoms with van der Waals surface area (Å²) in [5, 5.41) is 0. The second-order valence-corrected chi connectivity index (χ2v) is 6.97. The Morgan fingerprint density at radius 3 is 1.22 bits per heavy atom. The molecule has 0 saturated carbocycles. The predicted octanol–water partition coefficient (Wildman–Crippen LogP) is 1.66. The van der Waals surface area contributed by atoms with Gasteiger partial charge in [0, 0.05) is 9.75 Å². The van der Waals surface area contributed by atoms with Gasteiger partial charge in [-0.05, 0) is 32.8 Å². The van der Waals surface area contributed by atoms with Gasteiger partial charge < -0.3 is 0 Å². The molecule has 0 aliphatic rings. The maximum absolute atomic E-state index is 2.22. The summed E-state index contributed by atoms with van der Waals surface area (Å²) in [6.45, 7) is 0. The van der Waals surface area contributed by atoms with Crippen molar-refractivity contribution in [3.8, 4) is 20.9 Å². The third-order valence-electron chi connectivity index (χ3n) is 2.93. The van der Waals surface area contributed by atoms with Crippen LogP contribution < -0.4 is 9.55 Å². The first-order valence-electron chi connectivity index (χ1n) is 5.96. The Balaban J connectivity index is 1.94. The van der Waals surface area contributed by atoms with E-state index in [1.54, 1.807) is 0 Å². The van der Waals surface area contributed by atoms with Gasteiger partial charge in [0.2, 0.25) is 0 Å². The Morgan fingerprint density at radius 2 is 0.944 bits per heavy atom. The highest BCUT2D eigenvalue weighted by Gasteiger charge is 2.03. The fourth-order valence-electron chi connectivity index (χ4n) is 1.98. The molecule has 0 nitrogen and oxygen atoms in total. The number of rotatable bonds is 2. The second-order valence-electron chi connectivity index (χ2n) is 4.40. The largest absolute Gasteiger partial charge is 0.152 e. The molecular formula is C14H12B2S2. The molecule has 0 fully saturated rings. The predicted molar refractivity (Wildman–Crippen MR) is 89.4 cm³/mol. The highest BCUT2D eigenvalue weighted by Crippen LogP contribution is 2.28. The lowest BCUT2D eigenvalue weighted by Gasteiger charge is -2.00. The lowest BCUT2D eigenvalue weighted by molar-refractivity contribution is 1.69. The van der Waals surface area contributed by atoms with Crippen molar-refractivity contribution < 1.29 is 0 Å². The van der Waals surface area contributed by atoms with E-state index in [0.717, 1.165) is 0 Å². The smallest absolute Gasteiger partial charge is 0.151 e. The summed E-state index contributed by atoms with van der Waals surface area (Å²) < 4.78 is 2.73. The second kappa shape index (κ2) is 4.79. The highest BCUT2D eigenvalue weighted by atomic mass is 32.1. The average molecular weight is 266 g/mol. The Labute approximate surface area is 117 Å². The van der Waals surface area contributed by atoms with Crippen LogP contribution in [0.5, 0.6) is 0 Å². The molecule has 4 heteroatoms. The van der Waals surface area contributed by atoms with E-state index >= 15 is 0 Å². The standard InChI is InChI=1S/C14H12B2S2/c15-13-7-5-11(17-13)9-1-2-10(4-3-9)12-6-8-14(16)18-12/h1-8H,15-16H2. The molecule has 1 aromatic carbocycles. The zero-order valence-electron chi connectivity index (χ0n) is 10.4. The average Bonchev–Trinajstić information content (AvgIpc) is 2.98. The van der Waals surface area contributed by atoms with E-state index in [4.69, 9.17) is 0 Å². The lowest BCUT2D eigenvalue weighted by Crippen LogP contribution is -1.88. The molecule has 0 amide bonds. The summed E-state index contributed by atoms with van der Waals surface area (Å²) in [7, 11) is 4.30. The quantitative estimate of drug-likeness (QED) is 0.619. The molecule has 0 atom stereocenters. The third-order valence-corrected chi connectivity index (χ3v) is 5.03. The topological polar surface area (TPSA) is 0 Å². The van der Waals surface area contributed by atoms with Crippen molar-refractivity contribution in [1.82, 2.24) is 0 Å². The van der Waals surface area contributed by atoms with E-state index < -0.39 is 0 Å². The van der Waals surface area contributed by atoms with E-state index in [0.29, 0.717) is 0 Å². The van der Waals surface area contributed by atoms with E-state index in [9.17, 15) is 0 Å². The van der Waals surface area contributed by atoms with Gasteiger partial charge in [0.05, 0.1) is 0 Å². The molecule has 2 aromatic heterocycles. The molecule has 0 unspecified atom stereocenters. The first-order valence-corrected chi connectivity index (χ1v) is 7.59. The minimum absolute atomic E-state index is 1.31. The fraction of sp³-hybridized carbons (Fsp3) is 0. The molecule has 0 aliphatic carbocycles. The summed E-state index contributed by atoms with van der Waals surface area (Å²) in [4.78, 5) is 2.70. The van der Waals surface area contributed by atoms with Gasteiger partial charge in [-0.1, -0.05) is 36.4 Å². The molecule has 0 aliphatic heterocycles. The van der Waals surface area contributed by atoms with Crippen LogP contribution >= 0.6 is 22.7 Å². The van der Waals surface area contributed by atoms with Gasteiger partial charge in [-0.15, -0.1) is 0 Å². The number of hydrogen-bond acceptors (Lipinski definition) is 2. The molecule has 3 aromatic rings. The summed E-state index contributed by atoms with van der Waals surface area (Å²) in [6.07, 6.45) is 0. The Morgan fingerprint density at radius 1 is 0.556 bits per heavy atom. The lowest BCUT2D eigenvalue weighted by atomic mass is 10.1. The van der Waals surface area contributed by atoms with Crippen LogP contribution in [-0.2, 0) is 0 Å². The van der Waals surface area contributed by atoms with Crippen molar-refractivity contribution in [2.24, 2.45) is 0 Å². The van der Waals surface area contributed by atoms with Gasteiger partial charge in [-0.2, -0.15) is 22.7 Å². The Hall–Kier alpha value is -1.25. The summed E-state index contributed by atoms with van der Waals surface area (Å²) in [5.41, 5.74) is 2.62. The van der Waals surface area contributed by atoms with Gasteiger partial charge in [-0.25, -0.2) is 0 Å². The third kappa shape index (κ3) is 2.31. The van der Waals surface area contributed by atoms with Gasteiger partial charge in [-0.3, -0.25) is 0 Å². The number of benzene rings is 1. The van der Waals surface area contributed by atoms with Gasteiger partial charge in [0.1, 0.15) is 0 Å². The molecule has 0 spiro atoms. The molecule has 86 valence electrons. The van der Waals surface area contributed by atoms with Crippen LogP contribution in [0.1, 0.15) is 0 Å². The van der Waals surface area contributed by atoms with E-state index in [-0.39, 0.29) is 0 Å². The van der Waals surface area contributed by atoms with Crippen molar-refractivity contribution in [2.75, 3.05) is 0 Å². The van der Waals surface area contributed by atoms with Crippen molar-refractivity contribution >= 4 is 47.9 Å². The molecule has 0 N–H and O–H groups in total. The first kappa shape index (κ1) is 11.8. The summed E-state index contributed by atoms with van der Waals surface area (Å²) >= 11 is 3.70. The van der Waals surface area contributed by atoms with Crippen LogP contribution in [-0.4, -0.2) is 15.7 Å². The van der Waals surface area contributed by atoms with Crippen LogP contribution in [0.25, 0.3) is 20.9 Å². The summed E-state index contributed by atoms with van der Waals surface area (Å²) in [5.74, 6) is 0. The van der Waals surface area contributed by atoms with Crippen LogP contribution in [0.3, 0.4) is 0 Å². The van der Waals surface area contributed by atoms with Crippen LogP contribution in [0.2, 0.25) is 0 Å². The number of thiophene rings is 2. The summed E-state index contributed by atoms with van der Waals surface area (Å²) in [6, 6.07) is 17.6. The number of hydrogen-bond donors (Lipinski definition) is 0. The molecule has 2 heterocycles. The van der Waals surface area contributed by atoms with Crippen LogP contribution in [0.4, 0.5) is 0 Å². The fourth-order valence-corrected chi connectivity index (χ4v) is 3.72. The molecule has 0 bridgehead atoms. The molecule has 0 saturated heterocycles. The molecular weight excluding hydrogens is 254 g/mol. The van der Waals surface area contributed by atoms with Crippen LogP contribution in [0.15, 0.2) is 48.5 Å². The molecule has 0 radical (unpaired) electrons. The maximum atomic E-state index is 2.22. The SMILES string of the molecule is Bc1ccc(-c2ccc(-c3ccc(B)s3)cc2)s1. The van der Waals surface area contributed by atoms with Gasteiger partial charge in [0.25, 0.3) is 0 Å². The van der Waals surface area contributed by atoms with E-state index in [1.165, 1.54) is 30.4 Å². The van der Waals surface area contributed by atoms with Gasteiger partial charge >= 0.3 is 0 Å².